The minimum absolute atomic E-state index is 0.116. The lowest BCUT2D eigenvalue weighted by Gasteiger charge is -2.21. The molecule has 0 unspecified atom stereocenters. The highest BCUT2D eigenvalue weighted by Crippen LogP contribution is 2.50. The summed E-state index contributed by atoms with van der Waals surface area (Å²) >= 11 is 0. The summed E-state index contributed by atoms with van der Waals surface area (Å²) in [5, 5.41) is 2.37. The van der Waals surface area contributed by atoms with Crippen LogP contribution in [0.1, 0.15) is 43.0 Å². The zero-order chi connectivity index (χ0) is 28.1. The average molecular weight is 530 g/mol. The Labute approximate surface area is 240 Å². The number of aromatic nitrogens is 1. The third-order valence-electron chi connectivity index (χ3n) is 8.38. The Balaban J connectivity index is 1.53. The lowest BCUT2D eigenvalue weighted by Crippen LogP contribution is -2.16. The molecule has 0 saturated heterocycles. The first-order chi connectivity index (χ1) is 19.9. The van der Waals surface area contributed by atoms with E-state index in [0.29, 0.717) is 11.7 Å². The van der Waals surface area contributed by atoms with Crippen LogP contribution in [0.15, 0.2) is 138 Å². The first-order valence-corrected chi connectivity index (χ1v) is 14.0. The summed E-state index contributed by atoms with van der Waals surface area (Å²) in [7, 11) is 0. The number of hydrogen-bond donors (Lipinski definition) is 0. The summed E-state index contributed by atoms with van der Waals surface area (Å²) < 4.78 is 2.21. The Kier molecular flexibility index (Phi) is 5.83. The summed E-state index contributed by atoms with van der Waals surface area (Å²) in [6.45, 7) is 11.0. The van der Waals surface area contributed by atoms with Crippen LogP contribution in [0.4, 0.5) is 0 Å². The number of hydrogen-bond acceptors (Lipinski definition) is 1. The maximum Gasteiger partial charge on any atom is 0.235 e. The van der Waals surface area contributed by atoms with E-state index in [1.54, 1.807) is 0 Å². The van der Waals surface area contributed by atoms with Crippen LogP contribution in [-0.4, -0.2) is 16.2 Å². The summed E-state index contributed by atoms with van der Waals surface area (Å²) in [6.07, 6.45) is 0. The van der Waals surface area contributed by atoms with Crippen LogP contribution >= 0.6 is 0 Å². The zero-order valence-electron chi connectivity index (χ0n) is 23.6. The third-order valence-corrected chi connectivity index (χ3v) is 8.38. The zero-order valence-corrected chi connectivity index (χ0v) is 23.6. The predicted octanol–water partition coefficient (Wildman–Crippen LogP) is 9.48. The molecule has 198 valence electrons. The number of nitrogens with zero attached hydrogens (tertiary/aromatic N) is 3. The van der Waals surface area contributed by atoms with Gasteiger partial charge in [0.15, 0.2) is 0 Å². The Bertz CT molecular complexity index is 2020. The van der Waals surface area contributed by atoms with Gasteiger partial charge in [0.05, 0.1) is 16.7 Å². The normalized spacial score (nSPS) is 14.3. The van der Waals surface area contributed by atoms with E-state index in [0.717, 1.165) is 27.9 Å². The second-order valence-electron chi connectivity index (χ2n) is 11.2. The van der Waals surface area contributed by atoms with Gasteiger partial charge < -0.3 is 0 Å². The van der Waals surface area contributed by atoms with Gasteiger partial charge in [0.2, 0.25) is 5.96 Å². The van der Waals surface area contributed by atoms with Crippen molar-refractivity contribution < 1.29 is 0 Å². The first-order valence-electron chi connectivity index (χ1n) is 14.0. The van der Waals surface area contributed by atoms with Gasteiger partial charge in [-0.05, 0) is 58.5 Å². The summed E-state index contributed by atoms with van der Waals surface area (Å²) in [4.78, 5) is 10.3. The molecule has 1 heterocycles. The molecule has 3 nitrogen and oxygen atoms in total. The molecule has 0 saturated carbocycles. The number of aliphatic imine (C=N–C) groups is 2. The van der Waals surface area contributed by atoms with Crippen LogP contribution in [-0.2, 0) is 5.41 Å². The maximum absolute atomic E-state index is 5.19. The highest BCUT2D eigenvalue weighted by molar-refractivity contribution is 6.18. The van der Waals surface area contributed by atoms with E-state index >= 15 is 0 Å². The first kappa shape index (κ1) is 25.0. The third kappa shape index (κ3) is 4.05. The van der Waals surface area contributed by atoms with Crippen molar-refractivity contribution in [3.63, 3.8) is 0 Å². The Morgan fingerprint density at radius 1 is 0.610 bits per heavy atom. The smallest absolute Gasteiger partial charge is 0.235 e. The van der Waals surface area contributed by atoms with Gasteiger partial charge in [0.25, 0.3) is 0 Å². The largest absolute Gasteiger partial charge is 0.278 e. The molecule has 5 aromatic carbocycles. The van der Waals surface area contributed by atoms with E-state index in [9.17, 15) is 0 Å². The van der Waals surface area contributed by atoms with Crippen molar-refractivity contribution in [3.8, 4) is 11.1 Å². The Hall–Kier alpha value is -5.02. The quantitative estimate of drug-likeness (QED) is 0.161. The minimum Gasteiger partial charge on any atom is -0.278 e. The van der Waals surface area contributed by atoms with Gasteiger partial charge in [-0.3, -0.25) is 4.57 Å². The molecule has 6 aromatic rings. The number of rotatable bonds is 3. The van der Waals surface area contributed by atoms with Crippen molar-refractivity contribution in [1.82, 2.24) is 4.57 Å². The van der Waals surface area contributed by atoms with Crippen LogP contribution in [0.2, 0.25) is 0 Å². The molecule has 1 aliphatic carbocycles. The molecule has 0 aliphatic heterocycles. The van der Waals surface area contributed by atoms with E-state index < -0.39 is 0 Å². The number of para-hydroxylation sites is 1. The van der Waals surface area contributed by atoms with Crippen LogP contribution in [0, 0.1) is 0 Å². The maximum atomic E-state index is 5.19. The molecule has 0 bridgehead atoms. The van der Waals surface area contributed by atoms with Gasteiger partial charge >= 0.3 is 0 Å². The van der Waals surface area contributed by atoms with E-state index in [1.165, 1.54) is 33.0 Å². The van der Waals surface area contributed by atoms with Gasteiger partial charge in [-0.25, -0.2) is 9.98 Å². The molecule has 1 aromatic heterocycles. The number of fused-ring (bicyclic) bond motifs is 6. The Morgan fingerprint density at radius 3 is 2.00 bits per heavy atom. The van der Waals surface area contributed by atoms with Gasteiger partial charge in [-0.2, -0.15) is 0 Å². The van der Waals surface area contributed by atoms with E-state index in [4.69, 9.17) is 9.98 Å². The lowest BCUT2D eigenvalue weighted by molar-refractivity contribution is 0.661. The van der Waals surface area contributed by atoms with Crippen molar-refractivity contribution in [2.45, 2.75) is 26.2 Å². The molecule has 0 amide bonds. The predicted molar refractivity (Wildman–Crippen MR) is 174 cm³/mol. The highest BCUT2D eigenvalue weighted by atomic mass is 15.2. The van der Waals surface area contributed by atoms with Crippen molar-refractivity contribution in [2.75, 3.05) is 0 Å². The monoisotopic (exact) mass is 529 g/mol. The molecule has 0 spiro atoms. The highest BCUT2D eigenvalue weighted by Gasteiger charge is 2.36. The molecule has 0 radical (unpaired) electrons. The van der Waals surface area contributed by atoms with Gasteiger partial charge in [0, 0.05) is 21.9 Å². The molecular formula is C38H31N3. The molecule has 1 aliphatic rings. The fourth-order valence-electron chi connectivity index (χ4n) is 6.21. The van der Waals surface area contributed by atoms with Crippen LogP contribution < -0.4 is 0 Å². The van der Waals surface area contributed by atoms with Gasteiger partial charge in [-0.1, -0.05) is 124 Å². The second kappa shape index (κ2) is 9.57. The van der Waals surface area contributed by atoms with Crippen molar-refractivity contribution in [1.29, 1.82) is 0 Å². The second-order valence-corrected chi connectivity index (χ2v) is 11.2. The van der Waals surface area contributed by atoms with Crippen LogP contribution in [0.3, 0.4) is 0 Å². The molecule has 0 N–H and O–H groups in total. The molecular weight excluding hydrogens is 498 g/mol. The summed E-state index contributed by atoms with van der Waals surface area (Å²) in [6, 6.07) is 42.4. The van der Waals surface area contributed by atoms with Crippen molar-refractivity contribution in [2.24, 2.45) is 9.98 Å². The topological polar surface area (TPSA) is 29.6 Å². The molecule has 7 rings (SSSR count). The van der Waals surface area contributed by atoms with Crippen molar-refractivity contribution in [3.05, 3.63) is 150 Å². The van der Waals surface area contributed by atoms with E-state index in [1.807, 2.05) is 55.5 Å². The van der Waals surface area contributed by atoms with Gasteiger partial charge in [0.1, 0.15) is 0 Å². The minimum atomic E-state index is -0.116. The molecule has 41 heavy (non-hydrogen) atoms. The lowest BCUT2D eigenvalue weighted by atomic mass is 9.82. The summed E-state index contributed by atoms with van der Waals surface area (Å²) in [5.74, 6) is 0.597. The molecule has 3 heteroatoms. The fraction of sp³-hybridized carbons (Fsp3) is 0.105. The van der Waals surface area contributed by atoms with Gasteiger partial charge in [-0.15, -0.1) is 0 Å². The van der Waals surface area contributed by atoms with Crippen LogP contribution in [0.5, 0.6) is 0 Å². The average Bonchev–Trinajstić information content (AvgIpc) is 3.45. The molecule has 0 fully saturated rings. The van der Waals surface area contributed by atoms with E-state index in [-0.39, 0.29) is 5.41 Å². The fourth-order valence-corrected chi connectivity index (χ4v) is 6.21. The standard InChI is InChI=1S/C38H31N3/c1-25(27-15-7-5-8-16-27)39-37(40-26(2)28-17-9-6-10-18-28)41-35-22-14-12-20-30(35)32-23-31-29-19-11-13-21-33(29)38(3,4)34(31)24-36(32)41/h5-24H,1H2,2-4H3. The summed E-state index contributed by atoms with van der Waals surface area (Å²) in [5.41, 5.74) is 10.9. The van der Waals surface area contributed by atoms with Crippen molar-refractivity contribution >= 4 is 39.2 Å². The number of benzene rings is 5. The Morgan fingerprint density at radius 2 is 1.24 bits per heavy atom. The van der Waals surface area contributed by atoms with E-state index in [2.05, 4.69) is 97.8 Å². The SMILES string of the molecule is C=C(N=C(N=C(C)c1ccccc1)n1c2ccccc2c2cc3c(cc21)C(C)(C)c1ccccc1-3)c1ccccc1. The molecule has 0 atom stereocenters. The van der Waals surface area contributed by atoms with Crippen LogP contribution in [0.25, 0.3) is 38.6 Å².